The summed E-state index contributed by atoms with van der Waals surface area (Å²) in [6, 6.07) is 0. The summed E-state index contributed by atoms with van der Waals surface area (Å²) in [5.41, 5.74) is 2.01. The number of esters is 1. The van der Waals surface area contributed by atoms with Crippen molar-refractivity contribution in [1.82, 2.24) is 0 Å². The maximum atomic E-state index is 12.8. The van der Waals surface area contributed by atoms with E-state index in [2.05, 4.69) is 40.7 Å². The molecule has 0 bridgehead atoms. The van der Waals surface area contributed by atoms with Gasteiger partial charge in [0.1, 0.15) is 25.9 Å². The number of carbonyl (C=O) groups excluding carboxylic acids is 2. The summed E-state index contributed by atoms with van der Waals surface area (Å²) < 4.78 is 39.2. The number of fused-ring (bicyclic) bond motifs is 5. The van der Waals surface area contributed by atoms with Gasteiger partial charge in [0, 0.05) is 13.3 Å². The Hall–Kier alpha value is -1.45. The van der Waals surface area contributed by atoms with Gasteiger partial charge in [0.2, 0.25) is 0 Å². The third kappa shape index (κ3) is 10.6. The molecule has 0 spiro atoms. The van der Waals surface area contributed by atoms with Crippen molar-refractivity contribution >= 4 is 19.9 Å². The summed E-state index contributed by atoms with van der Waals surface area (Å²) in [6.45, 7) is 13.2. The molecule has 3 saturated carbocycles. The molecule has 4 aliphatic rings. The minimum absolute atomic E-state index is 0.00892. The normalized spacial score (nSPS) is 33.7. The number of allylic oxidation sites excluding steroid dienone is 1. The summed E-state index contributed by atoms with van der Waals surface area (Å²) in [5, 5.41) is 0. The van der Waals surface area contributed by atoms with Crippen LogP contribution in [0.15, 0.2) is 11.6 Å². The minimum Gasteiger partial charge on any atom is -0.456 e. The molecular formula is C38H67NO9P+. The number of nitrogens with zero attached hydrogens (tertiary/aromatic N) is 1. The van der Waals surface area contributed by atoms with Gasteiger partial charge in [-0.15, -0.1) is 0 Å². The van der Waals surface area contributed by atoms with Crippen molar-refractivity contribution in [3.63, 3.8) is 0 Å². The van der Waals surface area contributed by atoms with E-state index in [0.717, 1.165) is 48.9 Å². The van der Waals surface area contributed by atoms with E-state index in [1.165, 1.54) is 57.4 Å². The fraction of sp³-hybridized carbons (Fsp3) is 0.895. The summed E-state index contributed by atoms with van der Waals surface area (Å²) in [6.07, 6.45) is 13.3. The topological polar surface area (TPSA) is 118 Å². The SMILES string of the molecule is CC(=O)OC(COC(=O)O[C@H]1CC[C@@]2(C)C(=CC[C@H]3[C@@H]4CC[C@H]([C@H](C)CCCC(C)C)[C@@]4(C)CC[C@@H]32)C1)COP(=O)(O)OCC[N+](C)(C)C. The first kappa shape index (κ1) is 40.3. The van der Waals surface area contributed by atoms with Crippen LogP contribution in [0.25, 0.3) is 0 Å². The number of phosphoric acid groups is 1. The van der Waals surface area contributed by atoms with Crippen LogP contribution in [0.3, 0.4) is 0 Å². The van der Waals surface area contributed by atoms with E-state index in [0.29, 0.717) is 28.8 Å². The molecule has 1 N–H and O–H groups in total. The van der Waals surface area contributed by atoms with Gasteiger partial charge in [0.05, 0.1) is 27.7 Å². The zero-order chi connectivity index (χ0) is 36.2. The monoisotopic (exact) mass is 712 g/mol. The van der Waals surface area contributed by atoms with Crippen LogP contribution in [0.5, 0.6) is 0 Å². The van der Waals surface area contributed by atoms with E-state index in [4.69, 9.17) is 23.3 Å². The highest BCUT2D eigenvalue weighted by molar-refractivity contribution is 7.47. The summed E-state index contributed by atoms with van der Waals surface area (Å²) in [5.74, 6) is 4.00. The molecule has 0 amide bonds. The van der Waals surface area contributed by atoms with Crippen LogP contribution in [-0.4, -0.2) is 81.2 Å². The standard InChI is InChI=1S/C38H66NO9P/c1-26(2)11-10-12-27(3)33-15-16-34-32-14-13-29-23-30(17-19-37(29,5)35(32)18-20-38(33,34)6)48-36(41)44-24-31(47-28(4)40)25-46-49(42,43)45-22-21-39(7,8)9/h13,26-27,30-35H,10-12,14-25H2,1-9H3/p+1/t27-,30+,31?,32+,33-,34+,35+,37+,38-/m1/s1. The average Bonchev–Trinajstić information content (AvgIpc) is 3.35. The van der Waals surface area contributed by atoms with Crippen molar-refractivity contribution in [1.29, 1.82) is 0 Å². The molecule has 10 atom stereocenters. The van der Waals surface area contributed by atoms with E-state index < -0.39 is 32.7 Å². The maximum absolute atomic E-state index is 12.8. The Morgan fingerprint density at radius 1 is 1.00 bits per heavy atom. The van der Waals surface area contributed by atoms with Crippen LogP contribution < -0.4 is 0 Å². The van der Waals surface area contributed by atoms with Gasteiger partial charge in [-0.1, -0.05) is 65.5 Å². The molecule has 0 saturated heterocycles. The highest BCUT2D eigenvalue weighted by Crippen LogP contribution is 2.67. The molecule has 11 heteroatoms. The third-order valence-corrected chi connectivity index (χ3v) is 13.7. The molecule has 0 heterocycles. The first-order valence-corrected chi connectivity index (χ1v) is 20.4. The molecule has 0 radical (unpaired) electrons. The van der Waals surface area contributed by atoms with Gasteiger partial charge < -0.3 is 23.6 Å². The Morgan fingerprint density at radius 3 is 2.41 bits per heavy atom. The number of hydrogen-bond donors (Lipinski definition) is 1. The molecule has 2 unspecified atom stereocenters. The van der Waals surface area contributed by atoms with Crippen LogP contribution in [0.2, 0.25) is 0 Å². The van der Waals surface area contributed by atoms with Crippen molar-refractivity contribution in [3.05, 3.63) is 11.6 Å². The van der Waals surface area contributed by atoms with E-state index in [9.17, 15) is 19.0 Å². The molecular weight excluding hydrogens is 645 g/mol. The molecule has 4 rings (SSSR count). The molecule has 282 valence electrons. The highest BCUT2D eigenvalue weighted by Gasteiger charge is 2.59. The molecule has 0 aromatic carbocycles. The molecule has 0 aromatic heterocycles. The number of ether oxygens (including phenoxy) is 3. The lowest BCUT2D eigenvalue weighted by Gasteiger charge is -2.58. The second-order valence-corrected chi connectivity index (χ2v) is 19.1. The number of carbonyl (C=O) groups is 2. The summed E-state index contributed by atoms with van der Waals surface area (Å²) >= 11 is 0. The Morgan fingerprint density at radius 2 is 1.73 bits per heavy atom. The van der Waals surface area contributed by atoms with Gasteiger partial charge in [-0.2, -0.15) is 0 Å². The second kappa shape index (κ2) is 16.5. The zero-order valence-corrected chi connectivity index (χ0v) is 32.8. The predicted octanol–water partition coefficient (Wildman–Crippen LogP) is 8.32. The lowest BCUT2D eigenvalue weighted by atomic mass is 9.47. The number of likely N-dealkylation sites (N-methyl/N-ethyl adjacent to an activating group) is 1. The number of rotatable bonds is 16. The van der Waals surface area contributed by atoms with E-state index in [1.807, 2.05) is 21.1 Å². The van der Waals surface area contributed by atoms with Crippen molar-refractivity contribution in [2.24, 2.45) is 46.3 Å². The van der Waals surface area contributed by atoms with Gasteiger partial charge >= 0.3 is 19.9 Å². The molecule has 4 aliphatic carbocycles. The average molecular weight is 713 g/mol. The van der Waals surface area contributed by atoms with Gasteiger partial charge in [0.15, 0.2) is 6.10 Å². The predicted molar refractivity (Wildman–Crippen MR) is 189 cm³/mol. The fourth-order valence-corrected chi connectivity index (χ4v) is 10.8. The van der Waals surface area contributed by atoms with Crippen LogP contribution in [0.4, 0.5) is 4.79 Å². The van der Waals surface area contributed by atoms with Gasteiger partial charge in [0.25, 0.3) is 0 Å². The van der Waals surface area contributed by atoms with E-state index >= 15 is 0 Å². The Bertz CT molecular complexity index is 1220. The highest BCUT2D eigenvalue weighted by atomic mass is 31.2. The number of quaternary nitrogens is 1. The minimum atomic E-state index is -4.39. The smallest absolute Gasteiger partial charge is 0.456 e. The Labute approximate surface area is 296 Å². The quantitative estimate of drug-likeness (QED) is 0.0730. The molecule has 3 fully saturated rings. The largest absolute Gasteiger partial charge is 0.508 e. The molecule has 49 heavy (non-hydrogen) atoms. The number of hydrogen-bond acceptors (Lipinski definition) is 8. The second-order valence-electron chi connectivity index (χ2n) is 17.7. The third-order valence-electron chi connectivity index (χ3n) is 12.7. The number of phosphoric ester groups is 1. The fourth-order valence-electron chi connectivity index (χ4n) is 10.1. The van der Waals surface area contributed by atoms with Crippen LogP contribution >= 0.6 is 7.82 Å². The van der Waals surface area contributed by atoms with Crippen molar-refractivity contribution in [2.75, 3.05) is 47.5 Å². The van der Waals surface area contributed by atoms with Crippen molar-refractivity contribution < 1.29 is 46.8 Å². The van der Waals surface area contributed by atoms with E-state index in [1.54, 1.807) is 0 Å². The van der Waals surface area contributed by atoms with Gasteiger partial charge in [-0.25, -0.2) is 9.36 Å². The Kier molecular flexibility index (Phi) is 13.6. The van der Waals surface area contributed by atoms with Crippen molar-refractivity contribution in [3.8, 4) is 0 Å². The zero-order valence-electron chi connectivity index (χ0n) is 31.9. The first-order valence-electron chi connectivity index (χ1n) is 19.0. The first-order chi connectivity index (χ1) is 22.8. The van der Waals surface area contributed by atoms with Gasteiger partial charge in [-0.3, -0.25) is 13.8 Å². The molecule has 10 nitrogen and oxygen atoms in total. The lowest BCUT2D eigenvalue weighted by Crippen LogP contribution is -2.51. The summed E-state index contributed by atoms with van der Waals surface area (Å²) in [4.78, 5) is 34.5. The van der Waals surface area contributed by atoms with Crippen LogP contribution in [-0.2, 0) is 32.6 Å². The molecule has 0 aromatic rings. The van der Waals surface area contributed by atoms with Crippen molar-refractivity contribution in [2.45, 2.75) is 124 Å². The molecule has 0 aliphatic heterocycles. The Balaban J connectivity index is 1.28. The summed E-state index contributed by atoms with van der Waals surface area (Å²) in [7, 11) is 1.40. The maximum Gasteiger partial charge on any atom is 0.508 e. The lowest BCUT2D eigenvalue weighted by molar-refractivity contribution is -0.870. The van der Waals surface area contributed by atoms with E-state index in [-0.39, 0.29) is 24.7 Å². The van der Waals surface area contributed by atoms with Crippen LogP contribution in [0.1, 0.15) is 112 Å². The van der Waals surface area contributed by atoms with Crippen LogP contribution in [0, 0.1) is 46.3 Å². The van der Waals surface area contributed by atoms with Gasteiger partial charge in [-0.05, 0) is 91.3 Å².